The number of fused-ring (bicyclic) bond motifs is 1. The lowest BCUT2D eigenvalue weighted by molar-refractivity contribution is -0.119. The van der Waals surface area contributed by atoms with Crippen LogP contribution in [0.15, 0.2) is 48.5 Å². The van der Waals surface area contributed by atoms with Crippen LogP contribution in [0.5, 0.6) is 5.75 Å². The predicted molar refractivity (Wildman–Crippen MR) is 90.6 cm³/mol. The van der Waals surface area contributed by atoms with Crippen molar-refractivity contribution in [2.24, 2.45) is 0 Å². The number of benzene rings is 2. The average molecular weight is 308 g/mol. The number of hydrogen-bond donors (Lipinski definition) is 0. The molecule has 118 valence electrons. The zero-order valence-corrected chi connectivity index (χ0v) is 13.6. The number of nitrogens with zero attached hydrogens (tertiary/aromatic N) is 2. The smallest absolute Gasteiger partial charge is 0.152 e. The van der Waals surface area contributed by atoms with Crippen LogP contribution in [0.25, 0.3) is 11.0 Å². The summed E-state index contributed by atoms with van der Waals surface area (Å²) in [7, 11) is 0. The van der Waals surface area contributed by atoms with Gasteiger partial charge in [-0.15, -0.1) is 0 Å². The summed E-state index contributed by atoms with van der Waals surface area (Å²) in [4.78, 5) is 16.5. The lowest BCUT2D eigenvalue weighted by Gasteiger charge is -2.15. The van der Waals surface area contributed by atoms with Gasteiger partial charge in [0.1, 0.15) is 18.2 Å². The van der Waals surface area contributed by atoms with E-state index < -0.39 is 0 Å². The number of hydrogen-bond acceptors (Lipinski definition) is 3. The molecule has 3 rings (SSSR count). The van der Waals surface area contributed by atoms with Gasteiger partial charge in [-0.1, -0.05) is 29.8 Å². The van der Waals surface area contributed by atoms with E-state index >= 15 is 0 Å². The fraction of sp³-hybridized carbons (Fsp3) is 0.263. The topological polar surface area (TPSA) is 44.1 Å². The Morgan fingerprint density at radius 2 is 1.87 bits per heavy atom. The summed E-state index contributed by atoms with van der Waals surface area (Å²) in [5.74, 6) is 1.66. The number of carbonyl (C=O) groups excluding carboxylic acids is 1. The summed E-state index contributed by atoms with van der Waals surface area (Å²) >= 11 is 0. The Bertz CT molecular complexity index is 834. The van der Waals surface area contributed by atoms with Gasteiger partial charge in [0.15, 0.2) is 5.78 Å². The Labute approximate surface area is 135 Å². The highest BCUT2D eigenvalue weighted by molar-refractivity contribution is 5.83. The minimum Gasteiger partial charge on any atom is -0.486 e. The molecule has 0 N–H and O–H groups in total. The SMILES string of the molecule is CC(=O)C(C)n1c(COc2ccc(C)cc2)nc2ccccc21. The van der Waals surface area contributed by atoms with E-state index in [4.69, 9.17) is 4.74 Å². The maximum Gasteiger partial charge on any atom is 0.152 e. The molecule has 4 nitrogen and oxygen atoms in total. The van der Waals surface area contributed by atoms with Crippen LogP contribution in [-0.4, -0.2) is 15.3 Å². The van der Waals surface area contributed by atoms with Gasteiger partial charge in [-0.25, -0.2) is 4.98 Å². The van der Waals surface area contributed by atoms with Gasteiger partial charge in [0.2, 0.25) is 0 Å². The van der Waals surface area contributed by atoms with E-state index in [-0.39, 0.29) is 11.8 Å². The fourth-order valence-corrected chi connectivity index (χ4v) is 2.59. The zero-order chi connectivity index (χ0) is 16.4. The normalized spacial score (nSPS) is 12.3. The van der Waals surface area contributed by atoms with Gasteiger partial charge in [0.25, 0.3) is 0 Å². The molecule has 1 unspecified atom stereocenters. The van der Waals surface area contributed by atoms with Crippen molar-refractivity contribution in [1.82, 2.24) is 9.55 Å². The summed E-state index contributed by atoms with van der Waals surface area (Å²) in [5.41, 5.74) is 3.02. The lowest BCUT2D eigenvalue weighted by Crippen LogP contribution is -2.17. The number of rotatable bonds is 5. The lowest BCUT2D eigenvalue weighted by atomic mass is 10.2. The first kappa shape index (κ1) is 15.3. The first-order chi connectivity index (χ1) is 11.1. The minimum atomic E-state index is -0.265. The van der Waals surface area contributed by atoms with Gasteiger partial charge >= 0.3 is 0 Å². The summed E-state index contributed by atoms with van der Waals surface area (Å²) < 4.78 is 7.82. The predicted octanol–water partition coefficient (Wildman–Crippen LogP) is 4.07. The molecule has 0 bridgehead atoms. The minimum absolute atomic E-state index is 0.102. The van der Waals surface area contributed by atoms with Gasteiger partial charge < -0.3 is 9.30 Å². The molecule has 1 atom stereocenters. The van der Waals surface area contributed by atoms with Crippen LogP contribution in [-0.2, 0) is 11.4 Å². The summed E-state index contributed by atoms with van der Waals surface area (Å²) in [6, 6.07) is 15.5. The molecule has 23 heavy (non-hydrogen) atoms. The van der Waals surface area contributed by atoms with Crippen LogP contribution in [0.2, 0.25) is 0 Å². The van der Waals surface area contributed by atoms with Crippen LogP contribution >= 0.6 is 0 Å². The van der Waals surface area contributed by atoms with Gasteiger partial charge in [0, 0.05) is 0 Å². The number of aryl methyl sites for hydroxylation is 1. The second kappa shape index (κ2) is 6.24. The number of para-hydroxylation sites is 2. The van der Waals surface area contributed by atoms with Gasteiger partial charge in [-0.3, -0.25) is 4.79 Å². The van der Waals surface area contributed by atoms with Crippen LogP contribution < -0.4 is 4.74 Å². The molecular formula is C19H20N2O2. The van der Waals surface area contributed by atoms with Crippen molar-refractivity contribution in [2.45, 2.75) is 33.4 Å². The maximum atomic E-state index is 11.9. The van der Waals surface area contributed by atoms with E-state index in [2.05, 4.69) is 4.98 Å². The van der Waals surface area contributed by atoms with Crippen molar-refractivity contribution in [2.75, 3.05) is 0 Å². The number of imidazole rings is 1. The Hall–Kier alpha value is -2.62. The van der Waals surface area contributed by atoms with Crippen LogP contribution in [0, 0.1) is 6.92 Å². The summed E-state index contributed by atoms with van der Waals surface area (Å²) in [5, 5.41) is 0. The molecule has 0 spiro atoms. The van der Waals surface area contributed by atoms with Crippen molar-refractivity contribution < 1.29 is 9.53 Å². The molecule has 0 radical (unpaired) electrons. The average Bonchev–Trinajstić information content (AvgIpc) is 2.91. The molecule has 1 heterocycles. The number of ether oxygens (including phenoxy) is 1. The quantitative estimate of drug-likeness (QED) is 0.713. The number of carbonyl (C=O) groups is 1. The largest absolute Gasteiger partial charge is 0.486 e. The maximum absolute atomic E-state index is 11.9. The van der Waals surface area contributed by atoms with E-state index in [0.29, 0.717) is 6.61 Å². The van der Waals surface area contributed by atoms with Crippen LogP contribution in [0.3, 0.4) is 0 Å². The van der Waals surface area contributed by atoms with E-state index in [1.165, 1.54) is 5.56 Å². The standard InChI is InChI=1S/C19H20N2O2/c1-13-8-10-16(11-9-13)23-12-19-20-17-6-4-5-7-18(17)21(19)14(2)15(3)22/h4-11,14H,12H2,1-3H3. The Kier molecular flexibility index (Phi) is 4.15. The summed E-state index contributed by atoms with van der Waals surface area (Å²) in [6.07, 6.45) is 0. The molecule has 0 saturated heterocycles. The zero-order valence-electron chi connectivity index (χ0n) is 13.6. The molecule has 1 aromatic heterocycles. The van der Waals surface area contributed by atoms with Crippen molar-refractivity contribution in [3.8, 4) is 5.75 Å². The Balaban J connectivity index is 1.94. The molecule has 0 aliphatic carbocycles. The summed E-state index contributed by atoms with van der Waals surface area (Å²) in [6.45, 7) is 5.86. The highest BCUT2D eigenvalue weighted by atomic mass is 16.5. The molecule has 0 aliphatic heterocycles. The molecular weight excluding hydrogens is 288 g/mol. The van der Waals surface area contributed by atoms with E-state index in [9.17, 15) is 4.79 Å². The molecule has 3 aromatic rings. The Morgan fingerprint density at radius 1 is 1.17 bits per heavy atom. The number of Topliss-reactive ketones (excluding diaryl/α,β-unsaturated/α-hetero) is 1. The van der Waals surface area contributed by atoms with Crippen molar-refractivity contribution in [1.29, 1.82) is 0 Å². The fourth-order valence-electron chi connectivity index (χ4n) is 2.59. The van der Waals surface area contributed by atoms with Crippen LogP contribution in [0.4, 0.5) is 0 Å². The van der Waals surface area contributed by atoms with E-state index in [1.807, 2.05) is 66.9 Å². The molecule has 0 aliphatic rings. The molecule has 0 saturated carbocycles. The monoisotopic (exact) mass is 308 g/mol. The molecule has 0 fully saturated rings. The molecule has 0 amide bonds. The molecule has 2 aromatic carbocycles. The second-order valence-corrected chi connectivity index (χ2v) is 5.78. The van der Waals surface area contributed by atoms with Crippen molar-refractivity contribution in [3.05, 3.63) is 59.9 Å². The second-order valence-electron chi connectivity index (χ2n) is 5.78. The third-order valence-electron chi connectivity index (χ3n) is 4.03. The third-order valence-corrected chi connectivity index (χ3v) is 4.03. The molecule has 4 heteroatoms. The third kappa shape index (κ3) is 3.11. The van der Waals surface area contributed by atoms with Gasteiger partial charge in [-0.05, 0) is 45.0 Å². The van der Waals surface area contributed by atoms with Crippen LogP contribution in [0.1, 0.15) is 31.3 Å². The highest BCUT2D eigenvalue weighted by Gasteiger charge is 2.19. The van der Waals surface area contributed by atoms with E-state index in [0.717, 1.165) is 22.6 Å². The van der Waals surface area contributed by atoms with Crippen molar-refractivity contribution in [3.63, 3.8) is 0 Å². The van der Waals surface area contributed by atoms with Gasteiger partial charge in [-0.2, -0.15) is 0 Å². The van der Waals surface area contributed by atoms with Crippen molar-refractivity contribution >= 4 is 16.8 Å². The first-order valence-electron chi connectivity index (χ1n) is 7.72. The van der Waals surface area contributed by atoms with Gasteiger partial charge in [0.05, 0.1) is 17.1 Å². The number of ketones is 1. The Morgan fingerprint density at radius 3 is 2.57 bits per heavy atom. The highest BCUT2D eigenvalue weighted by Crippen LogP contribution is 2.23. The van der Waals surface area contributed by atoms with E-state index in [1.54, 1.807) is 6.92 Å². The number of aromatic nitrogens is 2. The first-order valence-corrected chi connectivity index (χ1v) is 7.72.